The molecule has 15 nitrogen and oxygen atoms in total. The lowest BCUT2D eigenvalue weighted by atomic mass is 9.87. The van der Waals surface area contributed by atoms with E-state index in [9.17, 15) is 4.79 Å². The van der Waals surface area contributed by atoms with Gasteiger partial charge in [-0.1, -0.05) is 13.8 Å². The Labute approximate surface area is 263 Å². The van der Waals surface area contributed by atoms with Crippen molar-refractivity contribution in [3.8, 4) is 23.2 Å². The second-order valence-electron chi connectivity index (χ2n) is 12.2. The monoisotopic (exact) mass is 622 g/mol. The molecule has 6 aromatic heterocycles. The highest BCUT2D eigenvalue weighted by Gasteiger charge is 2.42. The van der Waals surface area contributed by atoms with Crippen molar-refractivity contribution in [1.82, 2.24) is 49.0 Å². The number of hydrogen-bond acceptors (Lipinski definition) is 11. The predicted molar refractivity (Wildman–Crippen MR) is 167 cm³/mol. The molecular weight excluding hydrogens is 588 g/mol. The minimum atomic E-state index is -0.303. The molecule has 8 rings (SSSR count). The number of likely N-dealkylation sites (tertiary alicyclic amines) is 2. The van der Waals surface area contributed by atoms with E-state index in [4.69, 9.17) is 30.3 Å². The fourth-order valence-electron chi connectivity index (χ4n) is 7.06. The number of urea groups is 1. The Hall–Kier alpha value is -5.47. The second kappa shape index (κ2) is 10.9. The van der Waals surface area contributed by atoms with Crippen LogP contribution in [0.1, 0.15) is 63.0 Å². The minimum Gasteiger partial charge on any atom is -0.461 e. The number of amides is 2. The number of hydrogen-bond donors (Lipinski definition) is 2. The van der Waals surface area contributed by atoms with Crippen LogP contribution in [0.15, 0.2) is 57.8 Å². The number of aromatic nitrogens is 8. The lowest BCUT2D eigenvalue weighted by Gasteiger charge is -2.46. The lowest BCUT2D eigenvalue weighted by Crippen LogP contribution is -2.52. The largest absolute Gasteiger partial charge is 0.461 e. The zero-order valence-corrected chi connectivity index (χ0v) is 25.5. The van der Waals surface area contributed by atoms with E-state index in [1.54, 1.807) is 36.8 Å². The molecule has 8 heterocycles. The molecule has 2 amide bonds. The van der Waals surface area contributed by atoms with Crippen LogP contribution in [0.4, 0.5) is 16.7 Å². The summed E-state index contributed by atoms with van der Waals surface area (Å²) in [6.45, 7) is 5.49. The molecule has 4 unspecified atom stereocenters. The third-order valence-corrected chi connectivity index (χ3v) is 9.19. The maximum Gasteiger partial charge on any atom is 0.321 e. The minimum absolute atomic E-state index is 0.0657. The van der Waals surface area contributed by atoms with E-state index in [0.717, 1.165) is 25.7 Å². The standard InChI is InChI=1S/C31H34N12O3/c1-17-7-3-11-40(25(17)19-15-23-36-27(21-9-5-13-45-21)38-42(23)29(32)34-19)31(44)41-12-4-8-18(2)26(41)20-16-24-37-28(22-10-6-14-46-22)39-43(24)30(33)35-20/h5-6,9-10,13-18,25-26H,3-4,7-8,11-12H2,1-2H3,(H2,32,34)(H2,33,35). The van der Waals surface area contributed by atoms with Gasteiger partial charge in [-0.25, -0.2) is 24.7 Å². The maximum atomic E-state index is 14.7. The summed E-state index contributed by atoms with van der Waals surface area (Å²) in [5.41, 5.74) is 15.3. The summed E-state index contributed by atoms with van der Waals surface area (Å²) in [5, 5.41) is 8.97. The molecule has 2 aliphatic rings. The lowest BCUT2D eigenvalue weighted by molar-refractivity contribution is 0.0540. The van der Waals surface area contributed by atoms with Crippen LogP contribution in [0.25, 0.3) is 34.5 Å². The van der Waals surface area contributed by atoms with Crippen LogP contribution in [0.2, 0.25) is 0 Å². The molecular formula is C31H34N12O3. The van der Waals surface area contributed by atoms with Gasteiger partial charge < -0.3 is 30.1 Å². The van der Waals surface area contributed by atoms with Gasteiger partial charge in [0.25, 0.3) is 0 Å². The SMILES string of the molecule is CC1CCCN(C(=O)N2CCCC(C)C2c2cc3nc(-c4ccco4)nn3c(N)n2)C1c1cc2nc(-c3ccco3)nn2c(N)n1. The van der Waals surface area contributed by atoms with Gasteiger partial charge in [0.1, 0.15) is 0 Å². The molecule has 0 aliphatic carbocycles. The molecule has 46 heavy (non-hydrogen) atoms. The summed E-state index contributed by atoms with van der Waals surface area (Å²) < 4.78 is 14.0. The number of nitrogen functional groups attached to an aromatic ring is 2. The van der Waals surface area contributed by atoms with Crippen molar-refractivity contribution < 1.29 is 13.6 Å². The van der Waals surface area contributed by atoms with Crippen LogP contribution in [0.5, 0.6) is 0 Å². The van der Waals surface area contributed by atoms with Gasteiger partial charge in [0.05, 0.1) is 36.0 Å². The van der Waals surface area contributed by atoms with E-state index in [-0.39, 0.29) is 41.8 Å². The number of carbonyl (C=O) groups is 1. The van der Waals surface area contributed by atoms with Crippen molar-refractivity contribution in [2.24, 2.45) is 11.8 Å². The highest BCUT2D eigenvalue weighted by atomic mass is 16.3. The fraction of sp³-hybridized carbons (Fsp3) is 0.387. The van der Waals surface area contributed by atoms with E-state index >= 15 is 0 Å². The van der Waals surface area contributed by atoms with E-state index < -0.39 is 0 Å². The van der Waals surface area contributed by atoms with Crippen molar-refractivity contribution in [1.29, 1.82) is 0 Å². The molecule has 236 valence electrons. The second-order valence-corrected chi connectivity index (χ2v) is 12.2. The highest BCUT2D eigenvalue weighted by molar-refractivity contribution is 5.76. The molecule has 4 N–H and O–H groups in total. The van der Waals surface area contributed by atoms with Crippen LogP contribution >= 0.6 is 0 Å². The number of fused-ring (bicyclic) bond motifs is 2. The molecule has 4 atom stereocenters. The molecule has 0 radical (unpaired) electrons. The quantitative estimate of drug-likeness (QED) is 0.279. The Kier molecular flexibility index (Phi) is 6.62. The van der Waals surface area contributed by atoms with Crippen LogP contribution in [-0.4, -0.2) is 68.1 Å². The Balaban J connectivity index is 1.15. The first-order chi connectivity index (χ1) is 22.4. The zero-order chi connectivity index (χ0) is 31.5. The highest BCUT2D eigenvalue weighted by Crippen LogP contribution is 2.41. The first-order valence-electron chi connectivity index (χ1n) is 15.6. The number of nitrogens with two attached hydrogens (primary N) is 2. The number of carbonyl (C=O) groups excluding carboxylic acids is 1. The summed E-state index contributed by atoms with van der Waals surface area (Å²) in [6, 6.07) is 10.2. The Morgan fingerprint density at radius 3 is 1.61 bits per heavy atom. The van der Waals surface area contributed by atoms with Crippen LogP contribution < -0.4 is 11.5 Å². The van der Waals surface area contributed by atoms with Gasteiger partial charge in [0.2, 0.25) is 23.5 Å². The van der Waals surface area contributed by atoms with Crippen LogP contribution in [-0.2, 0) is 0 Å². The molecule has 6 aromatic rings. The number of furan rings is 2. The Morgan fingerprint density at radius 2 is 1.20 bits per heavy atom. The van der Waals surface area contributed by atoms with Crippen molar-refractivity contribution in [3.05, 3.63) is 60.3 Å². The summed E-state index contributed by atoms with van der Waals surface area (Å²) in [6.07, 6.45) is 6.81. The van der Waals surface area contributed by atoms with Gasteiger partial charge in [-0.3, -0.25) is 0 Å². The maximum absolute atomic E-state index is 14.7. The third kappa shape index (κ3) is 4.61. The van der Waals surface area contributed by atoms with Crippen molar-refractivity contribution in [3.63, 3.8) is 0 Å². The molecule has 15 heteroatoms. The Morgan fingerprint density at radius 1 is 0.739 bits per heavy atom. The van der Waals surface area contributed by atoms with E-state index in [2.05, 4.69) is 34.0 Å². The van der Waals surface area contributed by atoms with Crippen LogP contribution in [0.3, 0.4) is 0 Å². The van der Waals surface area contributed by atoms with Crippen LogP contribution in [0, 0.1) is 11.8 Å². The molecule has 2 saturated heterocycles. The zero-order valence-electron chi connectivity index (χ0n) is 25.5. The molecule has 0 aromatic carbocycles. The van der Waals surface area contributed by atoms with Gasteiger partial charge in [-0.2, -0.15) is 9.03 Å². The summed E-state index contributed by atoms with van der Waals surface area (Å²) in [5.74, 6) is 2.58. The predicted octanol–water partition coefficient (Wildman–Crippen LogP) is 4.61. The Bertz CT molecular complexity index is 1890. The van der Waals surface area contributed by atoms with Crippen molar-refractivity contribution in [2.75, 3.05) is 24.6 Å². The van der Waals surface area contributed by atoms with E-state index in [1.807, 2.05) is 21.9 Å². The van der Waals surface area contributed by atoms with Gasteiger partial charge in [-0.05, 0) is 61.8 Å². The first-order valence-corrected chi connectivity index (χ1v) is 15.6. The van der Waals surface area contributed by atoms with Crippen molar-refractivity contribution in [2.45, 2.75) is 51.6 Å². The van der Waals surface area contributed by atoms with Crippen molar-refractivity contribution >= 4 is 29.2 Å². The smallest absolute Gasteiger partial charge is 0.321 e. The van der Waals surface area contributed by atoms with Gasteiger partial charge in [0.15, 0.2) is 22.8 Å². The summed E-state index contributed by atoms with van der Waals surface area (Å²) in [7, 11) is 0. The summed E-state index contributed by atoms with van der Waals surface area (Å²) >= 11 is 0. The average molecular weight is 623 g/mol. The first kappa shape index (κ1) is 28.0. The molecule has 0 saturated carbocycles. The molecule has 2 aliphatic heterocycles. The van der Waals surface area contributed by atoms with E-state index in [0.29, 0.717) is 58.9 Å². The van der Waals surface area contributed by atoms with Gasteiger partial charge in [0, 0.05) is 25.2 Å². The number of anilines is 2. The molecule has 0 spiro atoms. The topological polar surface area (TPSA) is 188 Å². The van der Waals surface area contributed by atoms with Gasteiger partial charge >= 0.3 is 6.03 Å². The number of piperidine rings is 2. The number of nitrogens with zero attached hydrogens (tertiary/aromatic N) is 10. The summed E-state index contributed by atoms with van der Waals surface area (Å²) in [4.78, 5) is 37.4. The number of rotatable bonds is 4. The third-order valence-electron chi connectivity index (χ3n) is 9.19. The normalized spacial score (nSPS) is 22.2. The average Bonchev–Trinajstić information content (AvgIpc) is 3.87. The molecule has 2 fully saturated rings. The molecule has 0 bridgehead atoms. The van der Waals surface area contributed by atoms with Gasteiger partial charge in [-0.15, -0.1) is 10.2 Å². The van der Waals surface area contributed by atoms with E-state index in [1.165, 1.54) is 9.03 Å². The fourth-order valence-corrected chi connectivity index (χ4v) is 7.06.